The predicted molar refractivity (Wildman–Crippen MR) is 96.1 cm³/mol. The third kappa shape index (κ3) is 4.36. The second-order valence-electron chi connectivity index (χ2n) is 5.44. The summed E-state index contributed by atoms with van der Waals surface area (Å²) >= 11 is 1.23. The highest BCUT2D eigenvalue weighted by Crippen LogP contribution is 2.34. The molecule has 128 valence electrons. The Labute approximate surface area is 149 Å². The fourth-order valence-electron chi connectivity index (χ4n) is 2.24. The van der Waals surface area contributed by atoms with Crippen molar-refractivity contribution in [1.29, 1.82) is 0 Å². The first-order valence-electron chi connectivity index (χ1n) is 7.58. The van der Waals surface area contributed by atoms with E-state index < -0.39 is 5.25 Å². The Morgan fingerprint density at radius 3 is 2.60 bits per heavy atom. The highest BCUT2D eigenvalue weighted by molar-refractivity contribution is 8.00. The van der Waals surface area contributed by atoms with Gasteiger partial charge in [-0.25, -0.2) is 9.97 Å². The molecule has 1 aromatic carbocycles. The quantitative estimate of drug-likeness (QED) is 0.535. The first kappa shape index (κ1) is 17.0. The molecule has 0 aliphatic carbocycles. The van der Waals surface area contributed by atoms with Crippen LogP contribution in [-0.2, 0) is 4.79 Å². The van der Waals surface area contributed by atoms with E-state index in [1.54, 1.807) is 19.1 Å². The molecule has 0 fully saturated rings. The molecule has 1 unspecified atom stereocenters. The number of anilines is 2. The molecule has 25 heavy (non-hydrogen) atoms. The molecule has 1 atom stereocenters. The number of benzene rings is 1. The third-order valence-electron chi connectivity index (χ3n) is 3.30. The zero-order valence-electron chi connectivity index (χ0n) is 13.8. The Kier molecular flexibility index (Phi) is 4.99. The second-order valence-corrected chi connectivity index (χ2v) is 6.51. The lowest BCUT2D eigenvalue weighted by molar-refractivity contribution is -0.115. The summed E-state index contributed by atoms with van der Waals surface area (Å²) in [5.74, 6) is 1.12. The van der Waals surface area contributed by atoms with Crippen molar-refractivity contribution >= 4 is 29.3 Å². The summed E-state index contributed by atoms with van der Waals surface area (Å²) in [6.07, 6.45) is 0. The molecule has 1 amide bonds. The number of hydrogen-bond donors (Lipinski definition) is 2. The third-order valence-corrected chi connectivity index (χ3v) is 4.41. The minimum atomic E-state index is -0.556. The van der Waals surface area contributed by atoms with Gasteiger partial charge in [0.05, 0.1) is 0 Å². The number of carbonyl (C=O) groups excluding carboxylic acids is 1. The van der Waals surface area contributed by atoms with Crippen molar-refractivity contribution in [2.45, 2.75) is 24.3 Å². The highest BCUT2D eigenvalue weighted by Gasteiger charge is 2.24. The first-order valence-corrected chi connectivity index (χ1v) is 8.46. The van der Waals surface area contributed by atoms with Gasteiger partial charge >= 0.3 is 0 Å². The molecule has 3 aromatic rings. The lowest BCUT2D eigenvalue weighted by atomic mass is 10.1. The Morgan fingerprint density at radius 2 is 1.96 bits per heavy atom. The second kappa shape index (κ2) is 7.35. The summed E-state index contributed by atoms with van der Waals surface area (Å²) in [7, 11) is 0. The van der Waals surface area contributed by atoms with E-state index >= 15 is 0 Å². The molecule has 0 radical (unpaired) electrons. The minimum absolute atomic E-state index is 0.242. The average Bonchev–Trinajstić information content (AvgIpc) is 2.97. The molecule has 3 N–H and O–H groups in total. The fraction of sp³-hybridized carbons (Fsp3) is 0.176. The smallest absolute Gasteiger partial charge is 0.243 e. The van der Waals surface area contributed by atoms with Crippen molar-refractivity contribution in [2.24, 2.45) is 0 Å². The number of amides is 1. The molecule has 0 aliphatic heterocycles. The zero-order valence-corrected chi connectivity index (χ0v) is 14.6. The van der Waals surface area contributed by atoms with E-state index in [1.165, 1.54) is 11.8 Å². The Morgan fingerprint density at radius 1 is 1.20 bits per heavy atom. The molecule has 0 aliphatic rings. The van der Waals surface area contributed by atoms with Gasteiger partial charge < -0.3 is 15.6 Å². The van der Waals surface area contributed by atoms with Gasteiger partial charge in [0, 0.05) is 17.8 Å². The number of hydrogen-bond acceptors (Lipinski definition) is 7. The van der Waals surface area contributed by atoms with E-state index in [4.69, 9.17) is 10.3 Å². The maximum atomic E-state index is 12.8. The summed E-state index contributed by atoms with van der Waals surface area (Å²) in [4.78, 5) is 21.4. The number of thioether (sulfide) groups is 1. The number of nitrogen functional groups attached to an aromatic ring is 1. The fourth-order valence-corrected chi connectivity index (χ4v) is 3.27. The van der Waals surface area contributed by atoms with Gasteiger partial charge in [-0.3, -0.25) is 4.79 Å². The van der Waals surface area contributed by atoms with Crippen molar-refractivity contribution in [3.63, 3.8) is 0 Å². The van der Waals surface area contributed by atoms with Crippen molar-refractivity contribution in [1.82, 2.24) is 15.1 Å². The molecule has 8 heteroatoms. The van der Waals surface area contributed by atoms with E-state index in [0.717, 1.165) is 11.3 Å². The van der Waals surface area contributed by atoms with Crippen molar-refractivity contribution in [3.8, 4) is 0 Å². The molecule has 0 saturated heterocycles. The maximum Gasteiger partial charge on any atom is 0.243 e. The first-order chi connectivity index (χ1) is 12.0. The van der Waals surface area contributed by atoms with Gasteiger partial charge in [-0.1, -0.05) is 47.3 Å². The summed E-state index contributed by atoms with van der Waals surface area (Å²) in [6, 6.07) is 12.7. The van der Waals surface area contributed by atoms with E-state index in [1.807, 2.05) is 37.3 Å². The van der Waals surface area contributed by atoms with Gasteiger partial charge in [-0.05, 0) is 19.4 Å². The number of rotatable bonds is 5. The van der Waals surface area contributed by atoms with Gasteiger partial charge in [-0.15, -0.1) is 0 Å². The molecule has 7 nitrogen and oxygen atoms in total. The van der Waals surface area contributed by atoms with Crippen LogP contribution in [0.2, 0.25) is 0 Å². The highest BCUT2D eigenvalue weighted by atomic mass is 32.2. The van der Waals surface area contributed by atoms with Crippen LogP contribution >= 0.6 is 11.8 Å². The van der Waals surface area contributed by atoms with Crippen LogP contribution in [0.15, 0.2) is 52.1 Å². The maximum absolute atomic E-state index is 12.8. The van der Waals surface area contributed by atoms with Gasteiger partial charge in [0.15, 0.2) is 11.0 Å². The number of nitrogens with one attached hydrogen (secondary N) is 1. The van der Waals surface area contributed by atoms with Crippen molar-refractivity contribution < 1.29 is 9.32 Å². The summed E-state index contributed by atoms with van der Waals surface area (Å²) in [6.45, 7) is 3.59. The van der Waals surface area contributed by atoms with Crippen molar-refractivity contribution in [2.75, 3.05) is 11.1 Å². The van der Waals surface area contributed by atoms with Gasteiger partial charge in [0.1, 0.15) is 16.8 Å². The molecule has 2 heterocycles. The summed E-state index contributed by atoms with van der Waals surface area (Å²) in [5.41, 5.74) is 7.36. The zero-order chi connectivity index (χ0) is 17.8. The normalized spacial score (nSPS) is 11.9. The molecule has 0 spiro atoms. The van der Waals surface area contributed by atoms with E-state index in [9.17, 15) is 4.79 Å². The van der Waals surface area contributed by atoms with Crippen LogP contribution in [0.1, 0.15) is 22.3 Å². The Bertz CT molecular complexity index is 862. The van der Waals surface area contributed by atoms with E-state index in [0.29, 0.717) is 22.6 Å². The summed E-state index contributed by atoms with van der Waals surface area (Å²) in [5, 5.41) is 6.45. The van der Waals surface area contributed by atoms with Gasteiger partial charge in [-0.2, -0.15) is 0 Å². The largest absolute Gasteiger partial charge is 0.384 e. The Balaban J connectivity index is 1.88. The van der Waals surface area contributed by atoms with Crippen LogP contribution in [0.3, 0.4) is 0 Å². The number of carbonyl (C=O) groups is 1. The molecule has 3 rings (SSSR count). The van der Waals surface area contributed by atoms with Gasteiger partial charge in [0.25, 0.3) is 0 Å². The lowest BCUT2D eigenvalue weighted by Crippen LogP contribution is -2.19. The lowest BCUT2D eigenvalue weighted by Gasteiger charge is -2.15. The van der Waals surface area contributed by atoms with Crippen LogP contribution in [0.5, 0.6) is 0 Å². The summed E-state index contributed by atoms with van der Waals surface area (Å²) < 4.78 is 4.99. The van der Waals surface area contributed by atoms with Crippen LogP contribution in [0.25, 0.3) is 0 Å². The molecule has 0 saturated carbocycles. The number of aromatic nitrogens is 3. The Hall–Kier alpha value is -2.87. The van der Waals surface area contributed by atoms with Gasteiger partial charge in [0.2, 0.25) is 5.91 Å². The van der Waals surface area contributed by atoms with E-state index in [2.05, 4.69) is 20.4 Å². The SMILES string of the molecule is Cc1cc(N)nc(SC(C(=O)Nc2cc(C)on2)c2ccccc2)n1. The van der Waals surface area contributed by atoms with E-state index in [-0.39, 0.29) is 5.91 Å². The number of nitrogens with two attached hydrogens (primary N) is 1. The monoisotopic (exact) mass is 355 g/mol. The van der Waals surface area contributed by atoms with Crippen LogP contribution in [-0.4, -0.2) is 21.0 Å². The van der Waals surface area contributed by atoms with Crippen LogP contribution in [0, 0.1) is 13.8 Å². The van der Waals surface area contributed by atoms with Crippen LogP contribution < -0.4 is 11.1 Å². The van der Waals surface area contributed by atoms with Crippen molar-refractivity contribution in [3.05, 3.63) is 59.5 Å². The predicted octanol–water partition coefficient (Wildman–Crippen LogP) is 3.14. The molecule has 0 bridgehead atoms. The number of aryl methyl sites for hydroxylation is 2. The molecule has 2 aromatic heterocycles. The molecular weight excluding hydrogens is 338 g/mol. The number of nitrogens with zero attached hydrogens (tertiary/aromatic N) is 3. The molecular formula is C17H17N5O2S. The minimum Gasteiger partial charge on any atom is -0.384 e. The van der Waals surface area contributed by atoms with Crippen LogP contribution in [0.4, 0.5) is 11.6 Å². The topological polar surface area (TPSA) is 107 Å². The average molecular weight is 355 g/mol. The standard InChI is InChI=1S/C17H17N5O2S/c1-10-8-13(18)20-17(19-10)25-15(12-6-4-3-5-7-12)16(23)21-14-9-11(2)24-22-14/h3-9,15H,1-2H3,(H2,18,19,20)(H,21,22,23).